The van der Waals surface area contributed by atoms with Gasteiger partial charge in [-0.3, -0.25) is 9.59 Å². The molecule has 6 heteroatoms. The Morgan fingerprint density at radius 1 is 0.365 bits per heavy atom. The Morgan fingerprint density at radius 3 is 0.959 bits per heavy atom. The lowest BCUT2D eigenvalue weighted by molar-refractivity contribution is -0.143. The van der Waals surface area contributed by atoms with E-state index >= 15 is 0 Å². The molecular formula is C68H133NO5. The van der Waals surface area contributed by atoms with Gasteiger partial charge in [-0.1, -0.05) is 334 Å². The Balaban J connectivity index is 3.36. The maximum Gasteiger partial charge on any atom is 0.305 e. The van der Waals surface area contributed by atoms with E-state index in [1.807, 2.05) is 0 Å². The van der Waals surface area contributed by atoms with Gasteiger partial charge in [0.25, 0.3) is 0 Å². The average molecular weight is 1040 g/mol. The maximum atomic E-state index is 12.5. The summed E-state index contributed by atoms with van der Waals surface area (Å²) < 4.78 is 5.50. The molecule has 1 amide bonds. The van der Waals surface area contributed by atoms with Crippen molar-refractivity contribution in [1.82, 2.24) is 5.32 Å². The third-order valence-electron chi connectivity index (χ3n) is 16.1. The Morgan fingerprint density at radius 2 is 0.635 bits per heavy atom. The molecule has 0 fully saturated rings. The van der Waals surface area contributed by atoms with Crippen LogP contribution in [0.3, 0.4) is 0 Å². The van der Waals surface area contributed by atoms with Crippen molar-refractivity contribution in [3.05, 3.63) is 12.2 Å². The lowest BCUT2D eigenvalue weighted by atomic mass is 10.0. The van der Waals surface area contributed by atoms with Gasteiger partial charge in [-0.05, 0) is 51.4 Å². The Kier molecular flexibility index (Phi) is 62.9. The second-order valence-electron chi connectivity index (χ2n) is 23.5. The fourth-order valence-corrected chi connectivity index (χ4v) is 10.9. The summed E-state index contributed by atoms with van der Waals surface area (Å²) in [4.78, 5) is 24.6. The van der Waals surface area contributed by atoms with Crippen molar-refractivity contribution in [1.29, 1.82) is 0 Å². The van der Waals surface area contributed by atoms with Gasteiger partial charge in [0.1, 0.15) is 0 Å². The Labute approximate surface area is 463 Å². The van der Waals surface area contributed by atoms with Crippen molar-refractivity contribution < 1.29 is 24.5 Å². The van der Waals surface area contributed by atoms with E-state index in [0.717, 1.165) is 44.9 Å². The first-order chi connectivity index (χ1) is 36.5. The molecule has 0 aromatic carbocycles. The van der Waals surface area contributed by atoms with E-state index in [4.69, 9.17) is 4.74 Å². The van der Waals surface area contributed by atoms with Crippen LogP contribution < -0.4 is 5.32 Å². The van der Waals surface area contributed by atoms with Crippen molar-refractivity contribution >= 4 is 11.9 Å². The number of hydrogen-bond acceptors (Lipinski definition) is 5. The highest BCUT2D eigenvalue weighted by Gasteiger charge is 2.20. The van der Waals surface area contributed by atoms with Gasteiger partial charge in [0, 0.05) is 12.8 Å². The molecule has 3 N–H and O–H groups in total. The molecule has 0 aromatic rings. The van der Waals surface area contributed by atoms with Crippen LogP contribution in [0.5, 0.6) is 0 Å². The summed E-state index contributed by atoms with van der Waals surface area (Å²) in [6.45, 7) is 4.99. The quantitative estimate of drug-likeness (QED) is 0.0320. The summed E-state index contributed by atoms with van der Waals surface area (Å²) in [5.74, 6) is -0.0200. The molecule has 0 aliphatic rings. The second kappa shape index (κ2) is 64.1. The van der Waals surface area contributed by atoms with Crippen LogP contribution in [0, 0.1) is 0 Å². The molecule has 0 saturated heterocycles. The van der Waals surface area contributed by atoms with Gasteiger partial charge in [-0.25, -0.2) is 0 Å². The molecule has 0 heterocycles. The lowest BCUT2D eigenvalue weighted by Crippen LogP contribution is -2.45. The zero-order chi connectivity index (χ0) is 53.6. The molecule has 0 bridgehead atoms. The number of allylic oxidation sites excluding steroid dienone is 2. The fraction of sp³-hybridized carbons (Fsp3) is 0.941. The van der Waals surface area contributed by atoms with Crippen LogP contribution in [0.25, 0.3) is 0 Å². The van der Waals surface area contributed by atoms with Gasteiger partial charge in [0.2, 0.25) is 5.91 Å². The van der Waals surface area contributed by atoms with Crippen LogP contribution in [-0.4, -0.2) is 47.4 Å². The SMILES string of the molecule is CCCCCCCCC/C=C\CCCCCCCCCC(=O)OCCCCCCCCCCCCCCCCCCCCCCCCC(=O)NC(CO)C(O)CCCCCCCCCCCCCCCCCCC. The van der Waals surface area contributed by atoms with Crippen LogP contribution >= 0.6 is 0 Å². The molecule has 0 radical (unpaired) electrons. The minimum absolute atomic E-state index is 0.0115. The van der Waals surface area contributed by atoms with Gasteiger partial charge in [0.05, 0.1) is 25.4 Å². The number of unbranched alkanes of at least 4 members (excludes halogenated alkanes) is 51. The van der Waals surface area contributed by atoms with Crippen LogP contribution in [0.2, 0.25) is 0 Å². The molecule has 0 rings (SSSR count). The number of aliphatic hydroxyl groups excluding tert-OH is 2. The smallest absolute Gasteiger partial charge is 0.305 e. The molecule has 2 unspecified atom stereocenters. The summed E-state index contributed by atoms with van der Waals surface area (Å²) in [5.41, 5.74) is 0. The summed E-state index contributed by atoms with van der Waals surface area (Å²) in [7, 11) is 0. The van der Waals surface area contributed by atoms with Crippen LogP contribution in [0.1, 0.15) is 386 Å². The van der Waals surface area contributed by atoms with Crippen molar-refractivity contribution in [3.8, 4) is 0 Å². The van der Waals surface area contributed by atoms with Gasteiger partial charge < -0.3 is 20.3 Å². The molecule has 74 heavy (non-hydrogen) atoms. The molecule has 0 aliphatic heterocycles. The minimum Gasteiger partial charge on any atom is -0.466 e. The number of carbonyl (C=O) groups is 2. The molecule has 2 atom stereocenters. The molecular weight excluding hydrogens is 911 g/mol. The van der Waals surface area contributed by atoms with Gasteiger partial charge in [-0.15, -0.1) is 0 Å². The maximum absolute atomic E-state index is 12.5. The molecule has 440 valence electrons. The zero-order valence-electron chi connectivity index (χ0n) is 50.4. The first-order valence-electron chi connectivity index (χ1n) is 33.9. The molecule has 0 aliphatic carbocycles. The van der Waals surface area contributed by atoms with E-state index in [9.17, 15) is 19.8 Å². The fourth-order valence-electron chi connectivity index (χ4n) is 10.9. The van der Waals surface area contributed by atoms with Crippen LogP contribution in [0.4, 0.5) is 0 Å². The third-order valence-corrected chi connectivity index (χ3v) is 16.1. The van der Waals surface area contributed by atoms with E-state index in [0.29, 0.717) is 25.9 Å². The number of ether oxygens (including phenoxy) is 1. The molecule has 0 aromatic heterocycles. The number of nitrogens with one attached hydrogen (secondary N) is 1. The van der Waals surface area contributed by atoms with Crippen molar-refractivity contribution in [2.75, 3.05) is 13.2 Å². The number of amides is 1. The second-order valence-corrected chi connectivity index (χ2v) is 23.5. The number of rotatable bonds is 64. The first-order valence-corrected chi connectivity index (χ1v) is 33.9. The van der Waals surface area contributed by atoms with E-state index in [2.05, 4.69) is 31.3 Å². The van der Waals surface area contributed by atoms with Crippen molar-refractivity contribution in [2.24, 2.45) is 0 Å². The largest absolute Gasteiger partial charge is 0.466 e. The topological polar surface area (TPSA) is 95.9 Å². The van der Waals surface area contributed by atoms with Crippen molar-refractivity contribution in [2.45, 2.75) is 398 Å². The van der Waals surface area contributed by atoms with Crippen LogP contribution in [0.15, 0.2) is 12.2 Å². The lowest BCUT2D eigenvalue weighted by Gasteiger charge is -2.22. The Bertz CT molecular complexity index is 1110. The van der Waals surface area contributed by atoms with Gasteiger partial charge >= 0.3 is 5.97 Å². The zero-order valence-corrected chi connectivity index (χ0v) is 50.4. The highest BCUT2D eigenvalue weighted by Crippen LogP contribution is 2.19. The predicted octanol–water partition coefficient (Wildman–Crippen LogP) is 21.6. The van der Waals surface area contributed by atoms with E-state index < -0.39 is 12.1 Å². The van der Waals surface area contributed by atoms with Crippen LogP contribution in [-0.2, 0) is 14.3 Å². The summed E-state index contributed by atoms with van der Waals surface area (Å²) in [6, 6.07) is -0.541. The number of carbonyl (C=O) groups excluding carboxylic acids is 2. The predicted molar refractivity (Wildman–Crippen MR) is 324 cm³/mol. The summed E-state index contributed by atoms with van der Waals surface area (Å²) in [6.07, 6.45) is 78.1. The monoisotopic (exact) mass is 1040 g/mol. The third kappa shape index (κ3) is 59.8. The number of aliphatic hydroxyl groups is 2. The van der Waals surface area contributed by atoms with E-state index in [1.54, 1.807) is 0 Å². The summed E-state index contributed by atoms with van der Waals surface area (Å²) >= 11 is 0. The molecule has 6 nitrogen and oxygen atoms in total. The average Bonchev–Trinajstić information content (AvgIpc) is 3.40. The number of esters is 1. The molecule has 0 spiro atoms. The normalized spacial score (nSPS) is 12.5. The van der Waals surface area contributed by atoms with Gasteiger partial charge in [-0.2, -0.15) is 0 Å². The first kappa shape index (κ1) is 72.6. The van der Waals surface area contributed by atoms with E-state index in [1.165, 1.54) is 308 Å². The highest BCUT2D eigenvalue weighted by atomic mass is 16.5. The number of hydrogen-bond donors (Lipinski definition) is 3. The minimum atomic E-state index is -0.664. The summed E-state index contributed by atoms with van der Waals surface area (Å²) in [5, 5.41) is 23.4. The standard InChI is InChI=1S/C68H133NO5/c1-3-5-7-9-11-13-15-17-19-21-30-34-38-42-46-50-54-58-62-68(73)74-63-59-55-51-47-43-39-35-31-27-25-23-22-24-26-29-33-37-41-45-49-53-57-61-67(72)69-65(64-70)66(71)60-56-52-48-44-40-36-32-28-20-18-16-14-12-10-8-6-4-2/h19,21,65-66,70-71H,3-18,20,22-64H2,1-2H3,(H,69,72)/b21-19-. The van der Waals surface area contributed by atoms with Gasteiger partial charge in [0.15, 0.2) is 0 Å². The van der Waals surface area contributed by atoms with E-state index in [-0.39, 0.29) is 18.5 Å². The van der Waals surface area contributed by atoms with Crippen molar-refractivity contribution in [3.63, 3.8) is 0 Å². The Hall–Kier alpha value is -1.40. The molecule has 0 saturated carbocycles. The highest BCUT2D eigenvalue weighted by molar-refractivity contribution is 5.76.